The van der Waals surface area contributed by atoms with Crippen molar-refractivity contribution in [1.82, 2.24) is 20.4 Å². The second-order valence-electron chi connectivity index (χ2n) is 9.16. The van der Waals surface area contributed by atoms with Crippen LogP contribution in [-0.4, -0.2) is 79.9 Å². The SMILES string of the molecule is CCOC(=O)C1=C(CN2CCN(C(=O)OC(C)(C)C)CC2)NC(=O)N[C@H]1c1cccc(OC)c1. The summed E-state index contributed by atoms with van der Waals surface area (Å²) in [6, 6.07) is 6.14. The van der Waals surface area contributed by atoms with Crippen LogP contribution in [0.25, 0.3) is 0 Å². The Kier molecular flexibility index (Phi) is 8.03. The molecule has 0 spiro atoms. The molecule has 3 rings (SSSR count). The molecule has 10 heteroatoms. The van der Waals surface area contributed by atoms with E-state index >= 15 is 0 Å². The van der Waals surface area contributed by atoms with E-state index in [0.29, 0.717) is 55.3 Å². The highest BCUT2D eigenvalue weighted by atomic mass is 16.6. The van der Waals surface area contributed by atoms with Gasteiger partial charge in [0.2, 0.25) is 0 Å². The lowest BCUT2D eigenvalue weighted by Gasteiger charge is -2.37. The van der Waals surface area contributed by atoms with E-state index in [9.17, 15) is 14.4 Å². The van der Waals surface area contributed by atoms with Gasteiger partial charge < -0.3 is 29.7 Å². The Morgan fingerprint density at radius 2 is 1.85 bits per heavy atom. The van der Waals surface area contributed by atoms with Crippen LogP contribution >= 0.6 is 0 Å². The first-order chi connectivity index (χ1) is 16.1. The molecule has 186 valence electrons. The normalized spacial score (nSPS) is 19.3. The fraction of sp³-hybridized carbons (Fsp3) is 0.542. The van der Waals surface area contributed by atoms with E-state index in [4.69, 9.17) is 14.2 Å². The van der Waals surface area contributed by atoms with Crippen LogP contribution in [0.3, 0.4) is 0 Å². The number of nitrogens with zero attached hydrogens (tertiary/aromatic N) is 2. The van der Waals surface area contributed by atoms with Crippen molar-refractivity contribution in [2.24, 2.45) is 0 Å². The van der Waals surface area contributed by atoms with Gasteiger partial charge in [-0.15, -0.1) is 0 Å². The van der Waals surface area contributed by atoms with Crippen molar-refractivity contribution >= 4 is 18.1 Å². The number of hydrogen-bond donors (Lipinski definition) is 2. The van der Waals surface area contributed by atoms with E-state index in [0.717, 1.165) is 0 Å². The van der Waals surface area contributed by atoms with Crippen LogP contribution < -0.4 is 15.4 Å². The summed E-state index contributed by atoms with van der Waals surface area (Å²) in [4.78, 5) is 41.6. The lowest BCUT2D eigenvalue weighted by molar-refractivity contribution is -0.139. The molecule has 0 radical (unpaired) electrons. The van der Waals surface area contributed by atoms with Gasteiger partial charge in [-0.25, -0.2) is 14.4 Å². The van der Waals surface area contributed by atoms with Crippen molar-refractivity contribution < 1.29 is 28.6 Å². The van der Waals surface area contributed by atoms with E-state index < -0.39 is 23.6 Å². The van der Waals surface area contributed by atoms with Crippen LogP contribution in [0.5, 0.6) is 5.75 Å². The molecule has 1 atom stereocenters. The highest BCUT2D eigenvalue weighted by Crippen LogP contribution is 2.30. The van der Waals surface area contributed by atoms with Crippen molar-refractivity contribution in [1.29, 1.82) is 0 Å². The molecule has 2 aliphatic heterocycles. The van der Waals surface area contributed by atoms with Crippen LogP contribution in [0.4, 0.5) is 9.59 Å². The molecule has 0 aromatic heterocycles. The highest BCUT2D eigenvalue weighted by Gasteiger charge is 2.35. The molecule has 2 heterocycles. The number of carbonyl (C=O) groups excluding carboxylic acids is 3. The first-order valence-electron chi connectivity index (χ1n) is 11.4. The summed E-state index contributed by atoms with van der Waals surface area (Å²) in [5, 5.41) is 5.63. The summed E-state index contributed by atoms with van der Waals surface area (Å²) in [5.41, 5.74) is 0.997. The largest absolute Gasteiger partial charge is 0.497 e. The maximum Gasteiger partial charge on any atom is 0.410 e. The fourth-order valence-electron chi connectivity index (χ4n) is 3.90. The van der Waals surface area contributed by atoms with Crippen molar-refractivity contribution in [2.45, 2.75) is 39.3 Å². The highest BCUT2D eigenvalue weighted by molar-refractivity contribution is 5.95. The Labute approximate surface area is 200 Å². The number of esters is 1. The summed E-state index contributed by atoms with van der Waals surface area (Å²) in [6.45, 7) is 9.93. The molecule has 0 unspecified atom stereocenters. The Morgan fingerprint density at radius 3 is 2.47 bits per heavy atom. The quantitative estimate of drug-likeness (QED) is 0.610. The maximum atomic E-state index is 13.0. The molecular weight excluding hydrogens is 440 g/mol. The van der Waals surface area contributed by atoms with Gasteiger partial charge in [0.25, 0.3) is 0 Å². The number of rotatable bonds is 6. The molecule has 34 heavy (non-hydrogen) atoms. The van der Waals surface area contributed by atoms with Gasteiger partial charge in [0.05, 0.1) is 25.3 Å². The number of piperazine rings is 1. The van der Waals surface area contributed by atoms with Gasteiger partial charge in [-0.05, 0) is 45.4 Å². The van der Waals surface area contributed by atoms with E-state index in [1.165, 1.54) is 0 Å². The van der Waals surface area contributed by atoms with E-state index in [-0.39, 0.29) is 12.7 Å². The average molecular weight is 475 g/mol. The third-order valence-electron chi connectivity index (χ3n) is 5.48. The Balaban J connectivity index is 1.81. The minimum Gasteiger partial charge on any atom is -0.497 e. The number of ether oxygens (including phenoxy) is 3. The molecule has 0 bridgehead atoms. The van der Waals surface area contributed by atoms with Gasteiger partial charge in [-0.1, -0.05) is 12.1 Å². The van der Waals surface area contributed by atoms with Gasteiger partial charge >= 0.3 is 18.1 Å². The summed E-state index contributed by atoms with van der Waals surface area (Å²) < 4.78 is 16.1. The van der Waals surface area contributed by atoms with Crippen LogP contribution in [0.2, 0.25) is 0 Å². The van der Waals surface area contributed by atoms with Crippen LogP contribution in [0.1, 0.15) is 39.3 Å². The standard InChI is InChI=1S/C24H34N4O6/c1-6-33-21(29)19-18(15-27-10-12-28(13-11-27)23(31)34-24(2,3)4)25-22(30)26-20(19)16-8-7-9-17(14-16)32-5/h7-9,14,20H,6,10-13,15H2,1-5H3,(H2,25,26,30)/t20-/m0/s1. The minimum absolute atomic E-state index is 0.211. The molecule has 2 N–H and O–H groups in total. The molecule has 1 aromatic rings. The van der Waals surface area contributed by atoms with Crippen molar-refractivity contribution in [3.05, 3.63) is 41.1 Å². The summed E-state index contributed by atoms with van der Waals surface area (Å²) in [6.07, 6.45) is -0.341. The number of benzene rings is 1. The van der Waals surface area contributed by atoms with Gasteiger partial charge in [-0.2, -0.15) is 0 Å². The number of carbonyl (C=O) groups is 3. The third-order valence-corrected chi connectivity index (χ3v) is 5.48. The Morgan fingerprint density at radius 1 is 1.15 bits per heavy atom. The molecule has 0 aliphatic carbocycles. The predicted octanol–water partition coefficient (Wildman–Crippen LogP) is 2.42. The Hall–Kier alpha value is -3.27. The monoisotopic (exact) mass is 474 g/mol. The molecule has 1 fully saturated rings. The van der Waals surface area contributed by atoms with Crippen LogP contribution in [-0.2, 0) is 14.3 Å². The van der Waals surface area contributed by atoms with Crippen LogP contribution in [0.15, 0.2) is 35.5 Å². The second kappa shape index (κ2) is 10.8. The van der Waals surface area contributed by atoms with Gasteiger partial charge in [0.1, 0.15) is 11.4 Å². The summed E-state index contributed by atoms with van der Waals surface area (Å²) >= 11 is 0. The number of hydrogen-bond acceptors (Lipinski definition) is 7. The number of urea groups is 1. The lowest BCUT2D eigenvalue weighted by atomic mass is 9.94. The Bertz CT molecular complexity index is 947. The maximum absolute atomic E-state index is 13.0. The molecule has 1 aromatic carbocycles. The van der Waals surface area contributed by atoms with Gasteiger partial charge in [-0.3, -0.25) is 4.90 Å². The lowest BCUT2D eigenvalue weighted by Crippen LogP contribution is -2.53. The van der Waals surface area contributed by atoms with Crippen LogP contribution in [0, 0.1) is 0 Å². The number of nitrogens with one attached hydrogen (secondary N) is 2. The molecule has 3 amide bonds. The summed E-state index contributed by atoms with van der Waals surface area (Å²) in [7, 11) is 1.56. The van der Waals surface area contributed by atoms with Crippen molar-refractivity contribution in [3.8, 4) is 5.75 Å². The third kappa shape index (κ3) is 6.40. The molecule has 2 aliphatic rings. The van der Waals surface area contributed by atoms with Gasteiger partial charge in [0, 0.05) is 38.4 Å². The zero-order chi connectivity index (χ0) is 24.9. The minimum atomic E-state index is -0.680. The first kappa shape index (κ1) is 25.4. The summed E-state index contributed by atoms with van der Waals surface area (Å²) in [5.74, 6) is 0.124. The van der Waals surface area contributed by atoms with Gasteiger partial charge in [0.15, 0.2) is 0 Å². The topological polar surface area (TPSA) is 109 Å². The van der Waals surface area contributed by atoms with E-state index in [2.05, 4.69) is 15.5 Å². The fourth-order valence-corrected chi connectivity index (χ4v) is 3.90. The number of amides is 3. The zero-order valence-electron chi connectivity index (χ0n) is 20.5. The molecule has 1 saturated heterocycles. The number of methoxy groups -OCH3 is 1. The van der Waals surface area contributed by atoms with Crippen molar-refractivity contribution in [3.63, 3.8) is 0 Å². The second-order valence-corrected chi connectivity index (χ2v) is 9.16. The zero-order valence-corrected chi connectivity index (χ0v) is 20.5. The molecule has 0 saturated carbocycles. The molecule has 10 nitrogen and oxygen atoms in total. The van der Waals surface area contributed by atoms with E-state index in [1.54, 1.807) is 37.1 Å². The average Bonchev–Trinajstić information content (AvgIpc) is 2.78. The predicted molar refractivity (Wildman–Crippen MR) is 125 cm³/mol. The van der Waals surface area contributed by atoms with Crippen molar-refractivity contribution in [2.75, 3.05) is 46.4 Å². The smallest absolute Gasteiger partial charge is 0.410 e. The first-order valence-corrected chi connectivity index (χ1v) is 11.4. The molecular formula is C24H34N4O6. The van der Waals surface area contributed by atoms with E-state index in [1.807, 2.05) is 26.8 Å².